The van der Waals surface area contributed by atoms with E-state index in [1.165, 1.54) is 0 Å². The Hall–Kier alpha value is -4.77. The lowest BCUT2D eigenvalue weighted by Gasteiger charge is -2.52. The van der Waals surface area contributed by atoms with Crippen LogP contribution < -0.4 is 18.9 Å². The number of hydrogen-bond acceptors (Lipinski definition) is 9. The summed E-state index contributed by atoms with van der Waals surface area (Å²) in [7, 11) is 3.74. The Bertz CT molecular complexity index is 2010. The van der Waals surface area contributed by atoms with E-state index in [4.69, 9.17) is 28.4 Å². The van der Waals surface area contributed by atoms with E-state index < -0.39 is 23.8 Å². The minimum atomic E-state index is -0.781. The minimum absolute atomic E-state index is 0.0425. The lowest BCUT2D eigenvalue weighted by atomic mass is 9.76. The zero-order chi connectivity index (χ0) is 39.0. The summed E-state index contributed by atoms with van der Waals surface area (Å²) in [6, 6.07) is 20.6. The third kappa shape index (κ3) is 7.47. The van der Waals surface area contributed by atoms with Gasteiger partial charge < -0.3 is 33.5 Å². The molecule has 55 heavy (non-hydrogen) atoms. The first-order valence-electron chi connectivity index (χ1n) is 19.2. The van der Waals surface area contributed by atoms with Gasteiger partial charge in [0.25, 0.3) is 0 Å². The predicted molar refractivity (Wildman–Crippen MR) is 210 cm³/mol. The maximum Gasteiger partial charge on any atom is 0.411 e. The molecule has 10 nitrogen and oxygen atoms in total. The molecule has 4 aromatic carbocycles. The summed E-state index contributed by atoms with van der Waals surface area (Å²) in [4.78, 5) is 19.1. The van der Waals surface area contributed by atoms with Gasteiger partial charge in [0.2, 0.25) is 6.79 Å². The molecule has 0 aromatic heterocycles. The molecular weight excluding hydrogens is 697 g/mol. The second kappa shape index (κ2) is 15.8. The van der Waals surface area contributed by atoms with Crippen LogP contribution in [0, 0.1) is 20.8 Å². The highest BCUT2D eigenvalue weighted by molar-refractivity contribution is 5.74. The van der Waals surface area contributed by atoms with Gasteiger partial charge in [0.1, 0.15) is 23.7 Å². The van der Waals surface area contributed by atoms with Crippen molar-refractivity contribution in [2.24, 2.45) is 0 Å². The van der Waals surface area contributed by atoms with Gasteiger partial charge in [-0.05, 0) is 94.8 Å². The highest BCUT2D eigenvalue weighted by Crippen LogP contribution is 2.55. The average molecular weight is 751 g/mol. The molecule has 0 aliphatic carbocycles. The number of benzene rings is 4. The molecular formula is C45H54N2O8. The van der Waals surface area contributed by atoms with E-state index in [0.717, 1.165) is 55.8 Å². The van der Waals surface area contributed by atoms with Gasteiger partial charge in [-0.15, -0.1) is 0 Å². The normalized spacial score (nSPS) is 20.5. The molecule has 1 N–H and O–H groups in total. The largest absolute Gasteiger partial charge is 0.496 e. The SMILES string of the molecule is COc1c(C)cc2c(c1C)[C@H]([C@@H]1Cc3c(OCc4ccccc4)c(C)c4c(c3[C@H](COCc3ccccc3)N1C(=O)OC(C)(C)C)OCO4)N(C)[C@H](CO)C2. The van der Waals surface area contributed by atoms with Gasteiger partial charge in [-0.25, -0.2) is 4.79 Å². The lowest BCUT2D eigenvalue weighted by molar-refractivity contribution is -0.0419. The van der Waals surface area contributed by atoms with Crippen LogP contribution in [0.25, 0.3) is 0 Å². The van der Waals surface area contributed by atoms with E-state index in [0.29, 0.717) is 43.3 Å². The fourth-order valence-corrected chi connectivity index (χ4v) is 8.82. The Morgan fingerprint density at radius 2 is 1.53 bits per heavy atom. The first-order chi connectivity index (χ1) is 26.4. The molecule has 1 amide bonds. The zero-order valence-corrected chi connectivity index (χ0v) is 33.3. The smallest absolute Gasteiger partial charge is 0.411 e. The zero-order valence-electron chi connectivity index (χ0n) is 33.3. The summed E-state index contributed by atoms with van der Waals surface area (Å²) in [6.07, 6.45) is 0.606. The molecule has 0 fully saturated rings. The van der Waals surface area contributed by atoms with Crippen molar-refractivity contribution in [3.05, 3.63) is 117 Å². The third-order valence-electron chi connectivity index (χ3n) is 11.2. The van der Waals surface area contributed by atoms with Gasteiger partial charge in [-0.3, -0.25) is 9.80 Å². The van der Waals surface area contributed by atoms with Crippen molar-refractivity contribution >= 4 is 6.09 Å². The molecule has 4 aromatic rings. The van der Waals surface area contributed by atoms with E-state index in [1.807, 2.05) is 100 Å². The maximum absolute atomic E-state index is 15.0. The summed E-state index contributed by atoms with van der Waals surface area (Å²) < 4.78 is 38.1. The number of carbonyl (C=O) groups excluding carboxylic acids is 1. The van der Waals surface area contributed by atoms with Crippen molar-refractivity contribution in [2.45, 2.75) is 97.4 Å². The number of hydrogen-bond donors (Lipinski definition) is 1. The molecule has 10 heteroatoms. The number of nitrogens with zero attached hydrogens (tertiary/aromatic N) is 2. The summed E-state index contributed by atoms with van der Waals surface area (Å²) in [5.74, 6) is 2.72. The summed E-state index contributed by atoms with van der Waals surface area (Å²) in [5, 5.41) is 10.8. The van der Waals surface area contributed by atoms with Crippen molar-refractivity contribution in [1.82, 2.24) is 9.80 Å². The Kier molecular flexibility index (Phi) is 11.0. The van der Waals surface area contributed by atoms with Gasteiger partial charge in [-0.2, -0.15) is 0 Å². The quantitative estimate of drug-likeness (QED) is 0.173. The summed E-state index contributed by atoms with van der Waals surface area (Å²) in [5.41, 5.74) is 8.11. The van der Waals surface area contributed by atoms with Gasteiger partial charge in [0.15, 0.2) is 11.5 Å². The number of carbonyl (C=O) groups is 1. The lowest BCUT2D eigenvalue weighted by Crippen LogP contribution is -2.58. The third-order valence-corrected chi connectivity index (χ3v) is 11.2. The van der Waals surface area contributed by atoms with E-state index >= 15 is 0 Å². The van der Waals surface area contributed by atoms with Crippen LogP contribution in [0.5, 0.6) is 23.0 Å². The van der Waals surface area contributed by atoms with Crippen molar-refractivity contribution < 1.29 is 38.3 Å². The minimum Gasteiger partial charge on any atom is -0.496 e. The van der Waals surface area contributed by atoms with E-state index in [9.17, 15) is 9.90 Å². The number of likely N-dealkylation sites (N-methyl/N-ethyl adjacent to an activating group) is 1. The number of amides is 1. The van der Waals surface area contributed by atoms with Crippen molar-refractivity contribution in [2.75, 3.05) is 34.2 Å². The standard InChI is InChI=1S/C45H54N2O8/c1-27-19-32-20-33(22-48)46(7)39(37(32)28(2)40(27)50-8)35-21-34-38(43-42(53-26-54-43)29(3)41(34)52-24-31-17-13-10-14-18-31)36(47(35)44(49)55-45(4,5)6)25-51-23-30-15-11-9-12-16-30/h9-19,33,35-36,39,48H,20-26H2,1-8H3/t33-,35-,36-,39-/m0/s1. The van der Waals surface area contributed by atoms with Crippen LogP contribution in [-0.2, 0) is 35.5 Å². The number of aliphatic hydroxyl groups is 1. The van der Waals surface area contributed by atoms with Crippen molar-refractivity contribution in [1.29, 1.82) is 0 Å². The van der Waals surface area contributed by atoms with Crippen LogP contribution in [-0.4, -0.2) is 72.8 Å². The van der Waals surface area contributed by atoms with Crippen LogP contribution in [0.1, 0.15) is 82.9 Å². The molecule has 0 saturated heterocycles. The number of methoxy groups -OCH3 is 1. The first-order valence-corrected chi connectivity index (χ1v) is 19.2. The number of aryl methyl sites for hydroxylation is 1. The second-order valence-corrected chi connectivity index (χ2v) is 15.9. The van der Waals surface area contributed by atoms with Crippen LogP contribution in [0.2, 0.25) is 0 Å². The molecule has 0 saturated carbocycles. The fraction of sp³-hybridized carbons (Fsp3) is 0.444. The monoisotopic (exact) mass is 750 g/mol. The van der Waals surface area contributed by atoms with Crippen LogP contribution >= 0.6 is 0 Å². The first kappa shape index (κ1) is 38.5. The number of ether oxygens (including phenoxy) is 6. The Morgan fingerprint density at radius 1 is 0.873 bits per heavy atom. The molecule has 0 radical (unpaired) electrons. The van der Waals surface area contributed by atoms with Gasteiger partial charge >= 0.3 is 6.09 Å². The molecule has 4 atom stereocenters. The van der Waals surface area contributed by atoms with E-state index in [1.54, 1.807) is 7.11 Å². The van der Waals surface area contributed by atoms with Crippen molar-refractivity contribution in [3.63, 3.8) is 0 Å². The van der Waals surface area contributed by atoms with Crippen molar-refractivity contribution in [3.8, 4) is 23.0 Å². The highest BCUT2D eigenvalue weighted by atomic mass is 16.7. The average Bonchev–Trinajstić information content (AvgIpc) is 3.65. The topological polar surface area (TPSA) is 99.2 Å². The molecule has 292 valence electrons. The van der Waals surface area contributed by atoms with Crippen LogP contribution in [0.4, 0.5) is 4.79 Å². The van der Waals surface area contributed by atoms with Gasteiger partial charge in [-0.1, -0.05) is 66.7 Å². The highest BCUT2D eigenvalue weighted by Gasteiger charge is 2.51. The second-order valence-electron chi connectivity index (χ2n) is 15.9. The Morgan fingerprint density at radius 3 is 2.16 bits per heavy atom. The fourth-order valence-electron chi connectivity index (χ4n) is 8.82. The maximum atomic E-state index is 15.0. The van der Waals surface area contributed by atoms with Gasteiger partial charge in [0.05, 0.1) is 45.1 Å². The molecule has 7 rings (SSSR count). The van der Waals surface area contributed by atoms with Crippen LogP contribution in [0.3, 0.4) is 0 Å². The van der Waals surface area contributed by atoms with E-state index in [-0.39, 0.29) is 32.1 Å². The van der Waals surface area contributed by atoms with Gasteiger partial charge in [0, 0.05) is 22.7 Å². The molecule has 0 bridgehead atoms. The summed E-state index contributed by atoms with van der Waals surface area (Å²) in [6.45, 7) is 12.6. The number of rotatable bonds is 10. The molecule has 3 aliphatic rings. The molecule has 0 spiro atoms. The molecule has 3 heterocycles. The number of aliphatic hydroxyl groups excluding tert-OH is 1. The van der Waals surface area contributed by atoms with E-state index in [2.05, 4.69) is 24.8 Å². The molecule has 3 aliphatic heterocycles. The number of fused-ring (bicyclic) bond motifs is 4. The Labute approximate surface area is 324 Å². The van der Waals surface area contributed by atoms with Crippen LogP contribution in [0.15, 0.2) is 66.7 Å². The predicted octanol–water partition coefficient (Wildman–Crippen LogP) is 7.94. The summed E-state index contributed by atoms with van der Waals surface area (Å²) >= 11 is 0. The Balaban J connectivity index is 1.45. The molecule has 0 unspecified atom stereocenters.